The highest BCUT2D eigenvalue weighted by atomic mass is 32.2. The number of carbonyl (C=O) groups is 2. The number of benzene rings is 3. The number of carbonyl (C=O) groups excluding carboxylic acids is 2. The van der Waals surface area contributed by atoms with Gasteiger partial charge in [0.2, 0.25) is 11.0 Å². The lowest BCUT2D eigenvalue weighted by molar-refractivity contribution is -0.113. The summed E-state index contributed by atoms with van der Waals surface area (Å²) in [7, 11) is 0. The number of nitrogens with zero attached hydrogens (tertiary/aromatic N) is 2. The van der Waals surface area contributed by atoms with Crippen LogP contribution in [0.1, 0.15) is 27.9 Å². The summed E-state index contributed by atoms with van der Waals surface area (Å²) >= 11 is 2.85. The van der Waals surface area contributed by atoms with E-state index >= 15 is 0 Å². The van der Waals surface area contributed by atoms with Gasteiger partial charge in [0, 0.05) is 21.4 Å². The van der Waals surface area contributed by atoms with Crippen LogP contribution in [0.5, 0.6) is 0 Å². The molecule has 30 heavy (non-hydrogen) atoms. The van der Waals surface area contributed by atoms with E-state index in [9.17, 15) is 9.59 Å². The lowest BCUT2D eigenvalue weighted by atomic mass is 9.83. The van der Waals surface area contributed by atoms with E-state index in [1.165, 1.54) is 23.1 Å². The van der Waals surface area contributed by atoms with E-state index in [1.54, 1.807) is 0 Å². The first kappa shape index (κ1) is 19.0. The molecule has 0 aliphatic heterocycles. The number of anilines is 1. The van der Waals surface area contributed by atoms with Crippen molar-refractivity contribution in [3.8, 4) is 11.1 Å². The van der Waals surface area contributed by atoms with Gasteiger partial charge in [-0.1, -0.05) is 66.8 Å². The van der Waals surface area contributed by atoms with E-state index in [0.717, 1.165) is 43.8 Å². The zero-order chi connectivity index (χ0) is 20.7. The zero-order valence-electron chi connectivity index (χ0n) is 16.1. The Labute approximate surface area is 181 Å². The smallest absolute Gasteiger partial charge is 0.236 e. The van der Waals surface area contributed by atoms with E-state index < -0.39 is 0 Å². The van der Waals surface area contributed by atoms with Crippen molar-refractivity contribution >= 4 is 50.7 Å². The topological polar surface area (TPSA) is 72.0 Å². The van der Waals surface area contributed by atoms with Gasteiger partial charge in [-0.2, -0.15) is 0 Å². The van der Waals surface area contributed by atoms with E-state index in [-0.39, 0.29) is 17.4 Å². The highest BCUT2D eigenvalue weighted by molar-refractivity contribution is 8.00. The van der Waals surface area contributed by atoms with Crippen molar-refractivity contribution in [2.75, 3.05) is 11.1 Å². The van der Waals surface area contributed by atoms with Gasteiger partial charge in [-0.15, -0.1) is 22.0 Å². The molecule has 3 aromatic carbocycles. The molecule has 0 spiro atoms. The molecule has 1 heterocycles. The molecule has 7 heteroatoms. The number of amides is 1. The Morgan fingerprint density at radius 3 is 2.57 bits per heavy atom. The van der Waals surface area contributed by atoms with Crippen molar-refractivity contribution in [1.29, 1.82) is 0 Å². The number of nitrogens with one attached hydrogen (secondary N) is 1. The Morgan fingerprint density at radius 2 is 1.77 bits per heavy atom. The number of rotatable bonds is 5. The lowest BCUT2D eigenvalue weighted by Crippen LogP contribution is -2.14. The third kappa shape index (κ3) is 3.20. The number of fused-ring (bicyclic) bond motifs is 2. The first-order valence-corrected chi connectivity index (χ1v) is 11.4. The summed E-state index contributed by atoms with van der Waals surface area (Å²) < 4.78 is 0. The predicted octanol–water partition coefficient (Wildman–Crippen LogP) is 5.20. The minimum Gasteiger partial charge on any atom is -0.300 e. The van der Waals surface area contributed by atoms with Gasteiger partial charge in [-0.3, -0.25) is 14.9 Å². The highest BCUT2D eigenvalue weighted by Crippen LogP contribution is 2.42. The summed E-state index contributed by atoms with van der Waals surface area (Å²) in [6, 6.07) is 17.6. The molecule has 1 amide bonds. The summed E-state index contributed by atoms with van der Waals surface area (Å²) in [4.78, 5) is 26.4. The van der Waals surface area contributed by atoms with Crippen molar-refractivity contribution in [2.24, 2.45) is 0 Å². The van der Waals surface area contributed by atoms with Crippen LogP contribution in [0.25, 0.3) is 21.9 Å². The molecule has 5 nitrogen and oxygen atoms in total. The van der Waals surface area contributed by atoms with Crippen LogP contribution in [0, 0.1) is 0 Å². The number of aryl methyl sites for hydroxylation is 1. The number of aromatic nitrogens is 2. The third-order valence-electron chi connectivity index (χ3n) is 5.08. The van der Waals surface area contributed by atoms with Crippen molar-refractivity contribution < 1.29 is 9.59 Å². The van der Waals surface area contributed by atoms with Crippen LogP contribution in [-0.2, 0) is 11.2 Å². The van der Waals surface area contributed by atoms with Gasteiger partial charge in [0.25, 0.3) is 0 Å². The summed E-state index contributed by atoms with van der Waals surface area (Å²) in [6.07, 6.45) is 0.796. The van der Waals surface area contributed by atoms with E-state index in [1.807, 2.05) is 55.5 Å². The van der Waals surface area contributed by atoms with Crippen molar-refractivity contribution in [3.05, 3.63) is 70.7 Å². The molecule has 0 atom stereocenters. The van der Waals surface area contributed by atoms with Crippen LogP contribution in [0.15, 0.2) is 59.5 Å². The van der Waals surface area contributed by atoms with Gasteiger partial charge >= 0.3 is 0 Å². The molecule has 1 aromatic heterocycles. The lowest BCUT2D eigenvalue weighted by Gasteiger charge is -2.21. The van der Waals surface area contributed by atoms with Gasteiger partial charge in [-0.25, -0.2) is 0 Å². The second-order valence-electron chi connectivity index (χ2n) is 6.91. The van der Waals surface area contributed by atoms with Crippen LogP contribution < -0.4 is 5.32 Å². The molecule has 0 saturated carbocycles. The summed E-state index contributed by atoms with van der Waals surface area (Å²) in [5.41, 5.74) is 3.48. The maximum Gasteiger partial charge on any atom is 0.236 e. The van der Waals surface area contributed by atoms with E-state index in [0.29, 0.717) is 10.7 Å². The molecule has 148 valence electrons. The van der Waals surface area contributed by atoms with Crippen molar-refractivity contribution in [3.63, 3.8) is 0 Å². The predicted molar refractivity (Wildman–Crippen MR) is 121 cm³/mol. The Kier molecular flexibility index (Phi) is 4.84. The molecule has 1 N–H and O–H groups in total. The van der Waals surface area contributed by atoms with Gasteiger partial charge in [0.05, 0.1) is 5.75 Å². The highest BCUT2D eigenvalue weighted by Gasteiger charge is 2.25. The SMILES string of the molecule is CCc1nnc(NC(=O)CSc2ccc3c4c(cccc24)C(=O)c2ccccc2-3)s1. The second-order valence-corrected chi connectivity index (χ2v) is 8.98. The molecule has 1 aliphatic carbocycles. The number of hydrogen-bond donors (Lipinski definition) is 1. The van der Waals surface area contributed by atoms with Crippen LogP contribution in [0.3, 0.4) is 0 Å². The molecule has 0 radical (unpaired) electrons. The molecule has 0 unspecified atom stereocenters. The Hall–Kier alpha value is -3.03. The molecule has 1 aliphatic rings. The molecule has 0 fully saturated rings. The molecular formula is C23H17N3O2S2. The largest absolute Gasteiger partial charge is 0.300 e. The van der Waals surface area contributed by atoms with Crippen LogP contribution in [-0.4, -0.2) is 27.6 Å². The Morgan fingerprint density at radius 1 is 0.967 bits per heavy atom. The molecule has 4 aromatic rings. The fourth-order valence-corrected chi connectivity index (χ4v) is 5.27. The summed E-state index contributed by atoms with van der Waals surface area (Å²) in [5.74, 6) is 0.178. The molecule has 0 bridgehead atoms. The van der Waals surface area contributed by atoms with Gasteiger partial charge in [0.15, 0.2) is 5.78 Å². The summed E-state index contributed by atoms with van der Waals surface area (Å²) in [6.45, 7) is 2.00. The summed E-state index contributed by atoms with van der Waals surface area (Å²) in [5, 5.41) is 14.2. The first-order chi connectivity index (χ1) is 14.7. The van der Waals surface area contributed by atoms with E-state index in [2.05, 4.69) is 21.6 Å². The van der Waals surface area contributed by atoms with Crippen LogP contribution >= 0.6 is 23.1 Å². The monoisotopic (exact) mass is 431 g/mol. The molecular weight excluding hydrogens is 414 g/mol. The quantitative estimate of drug-likeness (QED) is 0.388. The van der Waals surface area contributed by atoms with Gasteiger partial charge in [-0.05, 0) is 29.0 Å². The number of ketones is 1. The number of thioether (sulfide) groups is 1. The first-order valence-electron chi connectivity index (χ1n) is 9.60. The average Bonchev–Trinajstić information content (AvgIpc) is 3.23. The average molecular weight is 432 g/mol. The maximum atomic E-state index is 13.0. The third-order valence-corrected chi connectivity index (χ3v) is 7.14. The minimum atomic E-state index is -0.124. The van der Waals surface area contributed by atoms with E-state index in [4.69, 9.17) is 0 Å². The second kappa shape index (κ2) is 7.66. The van der Waals surface area contributed by atoms with Crippen molar-refractivity contribution in [1.82, 2.24) is 10.2 Å². The standard InChI is InChI=1S/C23H17N3O2S2/c1-2-20-25-26-23(30-20)24-19(27)12-29-18-11-10-14-13-6-3-4-7-15(13)22(28)17-9-5-8-16(18)21(14)17/h3-11H,2,12H2,1H3,(H,24,26,27). The van der Waals surface area contributed by atoms with Crippen LogP contribution in [0.2, 0.25) is 0 Å². The fraction of sp³-hybridized carbons (Fsp3) is 0.130. The van der Waals surface area contributed by atoms with Crippen LogP contribution in [0.4, 0.5) is 5.13 Å². The maximum absolute atomic E-state index is 13.0. The van der Waals surface area contributed by atoms with Gasteiger partial charge < -0.3 is 0 Å². The Balaban J connectivity index is 1.45. The van der Waals surface area contributed by atoms with Gasteiger partial charge in [0.1, 0.15) is 5.01 Å². The molecule has 0 saturated heterocycles. The minimum absolute atomic E-state index is 0.0478. The zero-order valence-corrected chi connectivity index (χ0v) is 17.8. The number of hydrogen-bond acceptors (Lipinski definition) is 6. The Bertz CT molecular complexity index is 1310. The fourth-order valence-electron chi connectivity index (χ4n) is 3.73. The van der Waals surface area contributed by atoms with Crippen molar-refractivity contribution in [2.45, 2.75) is 18.2 Å². The normalized spacial score (nSPS) is 12.1. The molecule has 5 rings (SSSR count).